The van der Waals surface area contributed by atoms with Gasteiger partial charge in [-0.2, -0.15) is 0 Å². The minimum absolute atomic E-state index is 0.269. The number of aromatic nitrogens is 1. The molecule has 2 aromatic carbocycles. The number of hydrogen-bond acceptors (Lipinski definition) is 5. The summed E-state index contributed by atoms with van der Waals surface area (Å²) in [6.45, 7) is 2.08. The van der Waals surface area contributed by atoms with E-state index >= 15 is 0 Å². The zero-order valence-corrected chi connectivity index (χ0v) is 22.1. The fourth-order valence-corrected chi connectivity index (χ4v) is 6.18. The largest absolute Gasteiger partial charge is 0.474 e. The Bertz CT molecular complexity index is 1210. The zero-order chi connectivity index (χ0) is 25.9. The summed E-state index contributed by atoms with van der Waals surface area (Å²) in [6, 6.07) is 21.5. The lowest BCUT2D eigenvalue weighted by Crippen LogP contribution is -2.42. The average molecular weight is 512 g/mol. The number of anilines is 3. The zero-order valence-electron chi connectivity index (χ0n) is 22.1. The van der Waals surface area contributed by atoms with E-state index in [2.05, 4.69) is 68.9 Å². The monoisotopic (exact) mass is 511 g/mol. The van der Waals surface area contributed by atoms with Gasteiger partial charge in [0.2, 0.25) is 5.88 Å². The second-order valence-electron chi connectivity index (χ2n) is 10.9. The summed E-state index contributed by atoms with van der Waals surface area (Å²) >= 11 is 0. The Morgan fingerprint density at radius 3 is 2.26 bits per heavy atom. The molecule has 38 heavy (non-hydrogen) atoms. The van der Waals surface area contributed by atoms with Crippen molar-refractivity contribution in [2.24, 2.45) is 0 Å². The van der Waals surface area contributed by atoms with Crippen LogP contribution in [-0.2, 0) is 12.8 Å². The molecule has 198 valence electrons. The lowest BCUT2D eigenvalue weighted by Gasteiger charge is -2.30. The predicted molar refractivity (Wildman–Crippen MR) is 152 cm³/mol. The van der Waals surface area contributed by atoms with Gasteiger partial charge in [0.1, 0.15) is 6.10 Å². The van der Waals surface area contributed by atoms with Crippen LogP contribution in [0.3, 0.4) is 0 Å². The summed E-state index contributed by atoms with van der Waals surface area (Å²) in [6.07, 6.45) is 10.0. The van der Waals surface area contributed by atoms with Crippen molar-refractivity contribution < 1.29 is 9.53 Å². The van der Waals surface area contributed by atoms with Gasteiger partial charge in [-0.1, -0.05) is 24.3 Å². The van der Waals surface area contributed by atoms with E-state index < -0.39 is 0 Å². The van der Waals surface area contributed by atoms with Gasteiger partial charge in [-0.3, -0.25) is 4.90 Å². The third kappa shape index (κ3) is 5.63. The molecule has 1 unspecified atom stereocenters. The number of hydrogen-bond donors (Lipinski definition) is 2. The standard InChI is InChI=1S/C31H37N5O2/c1-35(28-18-22-6-2-3-7-23(22)19-28)27-16-17-36(21-27)26-13-10-24(11-14-26)33-31(37)34-25-12-15-30(32-20-25)38-29-8-4-5-9-29/h2-3,6-7,10-15,20,27-29H,4-5,8-9,16-19,21H2,1H3,(H2,33,34,37). The van der Waals surface area contributed by atoms with Crippen LogP contribution in [-0.4, -0.2) is 54.2 Å². The minimum atomic E-state index is -0.288. The molecule has 3 aliphatic rings. The van der Waals surface area contributed by atoms with Gasteiger partial charge < -0.3 is 20.3 Å². The highest BCUT2D eigenvalue weighted by molar-refractivity contribution is 5.99. The number of carbonyl (C=O) groups excluding carboxylic acids is 1. The van der Waals surface area contributed by atoms with Crippen molar-refractivity contribution in [2.75, 3.05) is 35.7 Å². The van der Waals surface area contributed by atoms with E-state index in [0.29, 0.717) is 23.7 Å². The molecule has 2 heterocycles. The lowest BCUT2D eigenvalue weighted by molar-refractivity contribution is 0.190. The molecular weight excluding hydrogens is 474 g/mol. The van der Waals surface area contributed by atoms with Gasteiger partial charge in [0.05, 0.1) is 11.9 Å². The maximum Gasteiger partial charge on any atom is 0.323 e. The normalized spacial score (nSPS) is 19.6. The number of fused-ring (bicyclic) bond motifs is 1. The third-order valence-electron chi connectivity index (χ3n) is 8.42. The highest BCUT2D eigenvalue weighted by Crippen LogP contribution is 2.30. The maximum absolute atomic E-state index is 12.5. The summed E-state index contributed by atoms with van der Waals surface area (Å²) in [4.78, 5) is 21.9. The molecule has 2 N–H and O–H groups in total. The molecule has 2 fully saturated rings. The van der Waals surface area contributed by atoms with E-state index in [4.69, 9.17) is 4.74 Å². The molecule has 1 aliphatic heterocycles. The second kappa shape index (κ2) is 11.0. The number of nitrogens with zero attached hydrogens (tertiary/aromatic N) is 3. The van der Waals surface area contributed by atoms with E-state index in [1.54, 1.807) is 6.20 Å². The SMILES string of the molecule is CN(C1Cc2ccccc2C1)C1CCN(c2ccc(NC(=O)Nc3ccc(OC4CCCC4)nc3)cc2)C1. The average Bonchev–Trinajstić information content (AvgIpc) is 3.71. The van der Waals surface area contributed by atoms with Crippen molar-refractivity contribution >= 4 is 23.1 Å². The Labute approximate surface area is 225 Å². The smallest absolute Gasteiger partial charge is 0.323 e. The van der Waals surface area contributed by atoms with Crippen molar-refractivity contribution in [2.45, 2.75) is 63.1 Å². The van der Waals surface area contributed by atoms with Crippen molar-refractivity contribution in [3.63, 3.8) is 0 Å². The Hall–Kier alpha value is -3.58. The van der Waals surface area contributed by atoms with Crippen LogP contribution in [0.25, 0.3) is 0 Å². The van der Waals surface area contributed by atoms with Gasteiger partial charge in [-0.25, -0.2) is 9.78 Å². The maximum atomic E-state index is 12.5. The van der Waals surface area contributed by atoms with Gasteiger partial charge >= 0.3 is 6.03 Å². The molecular formula is C31H37N5O2. The van der Waals surface area contributed by atoms with Crippen LogP contribution in [0.2, 0.25) is 0 Å². The van der Waals surface area contributed by atoms with E-state index in [9.17, 15) is 4.79 Å². The molecule has 0 spiro atoms. The van der Waals surface area contributed by atoms with Crippen LogP contribution in [0.4, 0.5) is 21.9 Å². The highest BCUT2D eigenvalue weighted by atomic mass is 16.5. The number of nitrogens with one attached hydrogen (secondary N) is 2. The van der Waals surface area contributed by atoms with Crippen LogP contribution in [0.15, 0.2) is 66.9 Å². The summed E-state index contributed by atoms with van der Waals surface area (Å²) in [7, 11) is 2.29. The van der Waals surface area contributed by atoms with E-state index in [1.807, 2.05) is 24.3 Å². The van der Waals surface area contributed by atoms with Crippen molar-refractivity contribution in [1.29, 1.82) is 0 Å². The molecule has 1 atom stereocenters. The molecule has 0 bridgehead atoms. The number of rotatable bonds is 7. The molecule has 0 radical (unpaired) electrons. The Morgan fingerprint density at radius 1 is 0.895 bits per heavy atom. The van der Waals surface area contributed by atoms with Crippen molar-refractivity contribution in [3.05, 3.63) is 78.0 Å². The summed E-state index contributed by atoms with van der Waals surface area (Å²) in [5.74, 6) is 0.613. The van der Waals surface area contributed by atoms with Gasteiger partial charge in [-0.15, -0.1) is 0 Å². The number of ether oxygens (including phenoxy) is 1. The fraction of sp³-hybridized carbons (Fsp3) is 0.419. The summed E-state index contributed by atoms with van der Waals surface area (Å²) in [5, 5.41) is 5.77. The number of likely N-dealkylation sites (N-methyl/N-ethyl adjacent to an activating group) is 1. The highest BCUT2D eigenvalue weighted by Gasteiger charge is 2.32. The van der Waals surface area contributed by atoms with Gasteiger partial charge in [0, 0.05) is 42.6 Å². The van der Waals surface area contributed by atoms with Crippen LogP contribution in [0, 0.1) is 0 Å². The van der Waals surface area contributed by atoms with Gasteiger partial charge in [0.25, 0.3) is 0 Å². The first-order valence-corrected chi connectivity index (χ1v) is 14.0. The Balaban J connectivity index is 0.978. The van der Waals surface area contributed by atoms with Crippen molar-refractivity contribution in [1.82, 2.24) is 9.88 Å². The Kier molecular flexibility index (Phi) is 7.18. The first-order chi connectivity index (χ1) is 18.6. The number of urea groups is 1. The molecule has 1 saturated heterocycles. The lowest BCUT2D eigenvalue weighted by atomic mass is 10.1. The van der Waals surface area contributed by atoms with Crippen molar-refractivity contribution in [3.8, 4) is 5.88 Å². The number of amides is 2. The van der Waals surface area contributed by atoms with Crippen LogP contribution >= 0.6 is 0 Å². The molecule has 7 nitrogen and oxygen atoms in total. The van der Waals surface area contributed by atoms with E-state index in [1.165, 1.54) is 36.1 Å². The first-order valence-electron chi connectivity index (χ1n) is 14.0. The molecule has 1 saturated carbocycles. The molecule has 6 rings (SSSR count). The molecule has 2 aliphatic carbocycles. The van der Waals surface area contributed by atoms with Crippen LogP contribution in [0.5, 0.6) is 5.88 Å². The number of benzene rings is 2. The van der Waals surface area contributed by atoms with Gasteiger partial charge in [-0.05, 0) is 93.5 Å². The quantitative estimate of drug-likeness (QED) is 0.424. The summed E-state index contributed by atoms with van der Waals surface area (Å²) < 4.78 is 5.90. The fourth-order valence-electron chi connectivity index (χ4n) is 6.18. The van der Waals surface area contributed by atoms with E-state index in [-0.39, 0.29) is 12.1 Å². The molecule has 3 aromatic rings. The third-order valence-corrected chi connectivity index (χ3v) is 8.42. The summed E-state index contributed by atoms with van der Waals surface area (Å²) in [5.41, 5.74) is 5.61. The van der Waals surface area contributed by atoms with E-state index in [0.717, 1.165) is 44.5 Å². The molecule has 7 heteroatoms. The van der Waals surface area contributed by atoms with Crippen LogP contribution in [0.1, 0.15) is 43.2 Å². The number of pyridine rings is 1. The Morgan fingerprint density at radius 2 is 1.58 bits per heavy atom. The first kappa shape index (κ1) is 24.7. The van der Waals surface area contributed by atoms with Crippen LogP contribution < -0.4 is 20.3 Å². The number of carbonyl (C=O) groups is 1. The molecule has 1 aromatic heterocycles. The predicted octanol–water partition coefficient (Wildman–Crippen LogP) is 5.72. The second-order valence-corrected chi connectivity index (χ2v) is 10.9. The topological polar surface area (TPSA) is 69.7 Å². The molecule has 2 amide bonds. The van der Waals surface area contributed by atoms with Gasteiger partial charge in [0.15, 0.2) is 0 Å². The minimum Gasteiger partial charge on any atom is -0.474 e.